The second kappa shape index (κ2) is 8.04. The van der Waals surface area contributed by atoms with E-state index in [4.69, 9.17) is 16.0 Å². The van der Waals surface area contributed by atoms with E-state index in [0.717, 1.165) is 5.56 Å². The van der Waals surface area contributed by atoms with Crippen LogP contribution in [0.3, 0.4) is 0 Å². The van der Waals surface area contributed by atoms with Crippen molar-refractivity contribution in [3.63, 3.8) is 0 Å². The van der Waals surface area contributed by atoms with E-state index in [-0.39, 0.29) is 17.6 Å². The predicted molar refractivity (Wildman–Crippen MR) is 110 cm³/mol. The Hall–Kier alpha value is -3.84. The molecule has 0 fully saturated rings. The number of benzene rings is 2. The van der Waals surface area contributed by atoms with Gasteiger partial charge in [0.25, 0.3) is 11.8 Å². The van der Waals surface area contributed by atoms with Crippen molar-refractivity contribution >= 4 is 34.8 Å². The summed E-state index contributed by atoms with van der Waals surface area (Å²) in [5.41, 5.74) is 2.81. The number of nitrogens with one attached hydrogen (secondary N) is 3. The number of carbonyl (C=O) groups excluding carboxylic acids is 2. The Morgan fingerprint density at radius 1 is 0.931 bits per heavy atom. The molecule has 144 valence electrons. The zero-order valence-corrected chi connectivity index (χ0v) is 15.7. The molecule has 0 aliphatic carbocycles. The first kappa shape index (κ1) is 18.5. The van der Waals surface area contributed by atoms with Crippen molar-refractivity contribution in [2.45, 2.75) is 0 Å². The van der Waals surface area contributed by atoms with Gasteiger partial charge < -0.3 is 15.1 Å². The number of amides is 2. The molecule has 0 saturated carbocycles. The van der Waals surface area contributed by atoms with E-state index < -0.39 is 0 Å². The molecule has 2 heterocycles. The van der Waals surface area contributed by atoms with Gasteiger partial charge in [0.2, 0.25) is 0 Å². The Morgan fingerprint density at radius 3 is 2.34 bits per heavy atom. The Labute approximate surface area is 170 Å². The van der Waals surface area contributed by atoms with Gasteiger partial charge in [-0.05, 0) is 42.5 Å². The zero-order valence-electron chi connectivity index (χ0n) is 15.0. The monoisotopic (exact) mass is 406 g/mol. The number of nitrogens with zero attached hydrogens (tertiary/aromatic N) is 1. The maximum Gasteiger partial charge on any atom is 0.291 e. The summed E-state index contributed by atoms with van der Waals surface area (Å²) >= 11 is 5.93. The Bertz CT molecular complexity index is 1150. The Balaban J connectivity index is 1.50. The van der Waals surface area contributed by atoms with Gasteiger partial charge in [0, 0.05) is 22.0 Å². The third-order valence-corrected chi connectivity index (χ3v) is 4.39. The van der Waals surface area contributed by atoms with Crippen LogP contribution >= 0.6 is 11.6 Å². The molecule has 29 heavy (non-hydrogen) atoms. The van der Waals surface area contributed by atoms with Gasteiger partial charge in [0.15, 0.2) is 5.76 Å². The van der Waals surface area contributed by atoms with Gasteiger partial charge in [-0.15, -0.1) is 0 Å². The van der Waals surface area contributed by atoms with Crippen molar-refractivity contribution in [3.05, 3.63) is 89.5 Å². The number of hydrogen-bond acceptors (Lipinski definition) is 4. The molecule has 0 saturated heterocycles. The summed E-state index contributed by atoms with van der Waals surface area (Å²) in [5.74, 6) is -0.512. The molecule has 3 N–H and O–H groups in total. The number of rotatable bonds is 5. The molecule has 0 unspecified atom stereocenters. The van der Waals surface area contributed by atoms with E-state index in [1.807, 2.05) is 0 Å². The number of aromatic amines is 1. The normalized spacial score (nSPS) is 10.5. The molecule has 0 aliphatic rings. The number of hydrogen-bond donors (Lipinski definition) is 3. The molecule has 4 rings (SSSR count). The van der Waals surface area contributed by atoms with Crippen molar-refractivity contribution in [2.24, 2.45) is 0 Å². The van der Waals surface area contributed by atoms with Gasteiger partial charge in [0.1, 0.15) is 0 Å². The maximum absolute atomic E-state index is 12.8. The predicted octanol–water partition coefficient (Wildman–Crippen LogP) is 4.83. The molecular formula is C21H15ClN4O3. The molecule has 0 aliphatic heterocycles. The highest BCUT2D eigenvalue weighted by molar-refractivity contribution is 6.30. The smallest absolute Gasteiger partial charge is 0.291 e. The van der Waals surface area contributed by atoms with Crippen molar-refractivity contribution in [1.82, 2.24) is 10.2 Å². The van der Waals surface area contributed by atoms with Crippen LogP contribution in [-0.2, 0) is 0 Å². The lowest BCUT2D eigenvalue weighted by atomic mass is 10.1. The van der Waals surface area contributed by atoms with E-state index in [1.165, 1.54) is 12.5 Å². The second-order valence-electron chi connectivity index (χ2n) is 6.13. The van der Waals surface area contributed by atoms with Crippen LogP contribution in [0.4, 0.5) is 11.4 Å². The van der Waals surface area contributed by atoms with E-state index in [9.17, 15) is 9.59 Å². The molecule has 0 atom stereocenters. The van der Waals surface area contributed by atoms with Crippen LogP contribution < -0.4 is 10.6 Å². The number of halogens is 1. The van der Waals surface area contributed by atoms with Crippen molar-refractivity contribution in [3.8, 4) is 11.3 Å². The fourth-order valence-electron chi connectivity index (χ4n) is 2.77. The third kappa shape index (κ3) is 4.20. The highest BCUT2D eigenvalue weighted by Gasteiger charge is 2.16. The minimum atomic E-state index is -0.377. The van der Waals surface area contributed by atoms with Gasteiger partial charge >= 0.3 is 0 Å². The lowest BCUT2D eigenvalue weighted by Gasteiger charge is -2.09. The first-order chi connectivity index (χ1) is 14.1. The van der Waals surface area contributed by atoms with Gasteiger partial charge in [0.05, 0.1) is 23.7 Å². The molecule has 2 aromatic carbocycles. The summed E-state index contributed by atoms with van der Waals surface area (Å²) in [6.45, 7) is 0. The summed E-state index contributed by atoms with van der Waals surface area (Å²) in [7, 11) is 0. The van der Waals surface area contributed by atoms with Crippen LogP contribution in [0.5, 0.6) is 0 Å². The first-order valence-electron chi connectivity index (χ1n) is 8.66. The van der Waals surface area contributed by atoms with Crippen LogP contribution in [0.1, 0.15) is 20.9 Å². The van der Waals surface area contributed by atoms with Crippen molar-refractivity contribution in [2.75, 3.05) is 10.6 Å². The molecule has 8 heteroatoms. The summed E-state index contributed by atoms with van der Waals surface area (Å²) in [6, 6.07) is 17.1. The van der Waals surface area contributed by atoms with Crippen LogP contribution in [0.15, 0.2) is 77.5 Å². The Morgan fingerprint density at radius 2 is 1.66 bits per heavy atom. The number of aromatic nitrogens is 2. The van der Waals surface area contributed by atoms with Crippen LogP contribution in [-0.4, -0.2) is 22.0 Å². The maximum atomic E-state index is 12.8. The molecular weight excluding hydrogens is 392 g/mol. The van der Waals surface area contributed by atoms with Gasteiger partial charge in [-0.3, -0.25) is 14.7 Å². The summed E-state index contributed by atoms with van der Waals surface area (Å²) in [4.78, 5) is 24.9. The largest absolute Gasteiger partial charge is 0.459 e. The zero-order chi connectivity index (χ0) is 20.2. The average Bonchev–Trinajstić information content (AvgIpc) is 3.41. The molecule has 0 spiro atoms. The molecule has 0 bridgehead atoms. The van der Waals surface area contributed by atoms with Crippen LogP contribution in [0.2, 0.25) is 5.02 Å². The van der Waals surface area contributed by atoms with E-state index in [1.54, 1.807) is 60.7 Å². The highest BCUT2D eigenvalue weighted by Crippen LogP contribution is 2.24. The van der Waals surface area contributed by atoms with Gasteiger partial charge in [-0.25, -0.2) is 0 Å². The lowest BCUT2D eigenvalue weighted by Crippen LogP contribution is -2.14. The lowest BCUT2D eigenvalue weighted by molar-refractivity contribution is 0.0995. The SMILES string of the molecule is O=C(Nc1cccc(NC(=O)c2cn[nH]c2-c2ccc(Cl)cc2)c1)c1ccco1. The fraction of sp³-hybridized carbons (Fsp3) is 0. The topological polar surface area (TPSA) is 100 Å². The molecule has 2 amide bonds. The van der Waals surface area contributed by atoms with Crippen molar-refractivity contribution in [1.29, 1.82) is 0 Å². The van der Waals surface area contributed by atoms with Crippen LogP contribution in [0, 0.1) is 0 Å². The molecule has 4 aromatic rings. The van der Waals surface area contributed by atoms with Gasteiger partial charge in [-0.2, -0.15) is 5.10 Å². The van der Waals surface area contributed by atoms with Gasteiger partial charge in [-0.1, -0.05) is 29.8 Å². The number of furan rings is 1. The van der Waals surface area contributed by atoms with E-state index in [2.05, 4.69) is 20.8 Å². The van der Waals surface area contributed by atoms with E-state index in [0.29, 0.717) is 27.7 Å². The standard InChI is InChI=1S/C21H15ClN4O3/c22-14-8-6-13(7-9-14)19-17(12-23-26-19)20(27)24-15-3-1-4-16(11-15)25-21(28)18-5-2-10-29-18/h1-12H,(H,23,26)(H,24,27)(H,25,28). The number of anilines is 2. The Kier molecular flexibility index (Phi) is 5.13. The minimum Gasteiger partial charge on any atom is -0.459 e. The minimum absolute atomic E-state index is 0.199. The highest BCUT2D eigenvalue weighted by atomic mass is 35.5. The molecule has 2 aromatic heterocycles. The second-order valence-corrected chi connectivity index (χ2v) is 6.57. The van der Waals surface area contributed by atoms with Crippen LogP contribution in [0.25, 0.3) is 11.3 Å². The first-order valence-corrected chi connectivity index (χ1v) is 9.03. The molecule has 0 radical (unpaired) electrons. The summed E-state index contributed by atoms with van der Waals surface area (Å²) in [6.07, 6.45) is 2.89. The molecule has 7 nitrogen and oxygen atoms in total. The quantitative estimate of drug-likeness (QED) is 0.442. The number of carbonyl (C=O) groups is 2. The van der Waals surface area contributed by atoms with E-state index >= 15 is 0 Å². The summed E-state index contributed by atoms with van der Waals surface area (Å²) in [5, 5.41) is 13.0. The average molecular weight is 407 g/mol. The third-order valence-electron chi connectivity index (χ3n) is 4.14. The van der Waals surface area contributed by atoms with Crippen molar-refractivity contribution < 1.29 is 14.0 Å². The fourth-order valence-corrected chi connectivity index (χ4v) is 2.89. The summed E-state index contributed by atoms with van der Waals surface area (Å²) < 4.78 is 5.07. The number of H-pyrrole nitrogens is 1.